The second-order valence-corrected chi connectivity index (χ2v) is 5.03. The van der Waals surface area contributed by atoms with Crippen molar-refractivity contribution in [3.63, 3.8) is 0 Å². The molecule has 118 valence electrons. The van der Waals surface area contributed by atoms with Crippen molar-refractivity contribution in [2.75, 3.05) is 13.2 Å². The van der Waals surface area contributed by atoms with Crippen molar-refractivity contribution in [3.8, 4) is 0 Å². The molecular weight excluding hydrogens is 286 g/mol. The molecule has 0 spiro atoms. The van der Waals surface area contributed by atoms with Crippen LogP contribution < -0.4 is 0 Å². The van der Waals surface area contributed by atoms with Gasteiger partial charge in [0.05, 0.1) is 6.61 Å². The third-order valence-electron chi connectivity index (χ3n) is 3.25. The van der Waals surface area contributed by atoms with Gasteiger partial charge in [-0.1, -0.05) is 48.6 Å². The van der Waals surface area contributed by atoms with Crippen LogP contribution in [0.5, 0.6) is 0 Å². The fourth-order valence-electron chi connectivity index (χ4n) is 1.97. The number of allylic oxidation sites excluding steroid dienone is 1. The van der Waals surface area contributed by atoms with Gasteiger partial charge in [-0.2, -0.15) is 0 Å². The number of benzene rings is 1. The van der Waals surface area contributed by atoms with Crippen LogP contribution in [0.15, 0.2) is 54.9 Å². The standard InChI is InChI=1S/C20H21NO2/c1-2-23-15-13-20(22)12-11-18-7-5-17(6-8-18)9-10-19-4-3-14-21-16-19/h3-12,14,16H,2,13,15H2,1H3. The molecule has 0 amide bonds. The number of nitrogens with zero attached hydrogens (tertiary/aromatic N) is 1. The van der Waals surface area contributed by atoms with Crippen LogP contribution in [0, 0.1) is 0 Å². The first kappa shape index (κ1) is 16.8. The molecule has 23 heavy (non-hydrogen) atoms. The number of ether oxygens (including phenoxy) is 1. The topological polar surface area (TPSA) is 39.2 Å². The van der Waals surface area contributed by atoms with Crippen LogP contribution in [0.25, 0.3) is 18.2 Å². The summed E-state index contributed by atoms with van der Waals surface area (Å²) in [5, 5.41) is 0. The van der Waals surface area contributed by atoms with Crippen LogP contribution in [-0.4, -0.2) is 24.0 Å². The number of aromatic nitrogens is 1. The fourth-order valence-corrected chi connectivity index (χ4v) is 1.97. The lowest BCUT2D eigenvalue weighted by Gasteiger charge is -1.98. The van der Waals surface area contributed by atoms with Crippen LogP contribution >= 0.6 is 0 Å². The van der Waals surface area contributed by atoms with Gasteiger partial charge >= 0.3 is 0 Å². The van der Waals surface area contributed by atoms with Gasteiger partial charge in [-0.05, 0) is 35.8 Å². The number of pyridine rings is 1. The van der Waals surface area contributed by atoms with E-state index in [4.69, 9.17) is 4.74 Å². The Bertz CT molecular complexity index is 658. The summed E-state index contributed by atoms with van der Waals surface area (Å²) in [4.78, 5) is 15.7. The molecule has 1 heterocycles. The van der Waals surface area contributed by atoms with E-state index in [9.17, 15) is 4.79 Å². The van der Waals surface area contributed by atoms with E-state index in [1.165, 1.54) is 0 Å². The Kier molecular flexibility index (Phi) is 6.95. The van der Waals surface area contributed by atoms with Gasteiger partial charge in [0.1, 0.15) is 0 Å². The maximum Gasteiger partial charge on any atom is 0.158 e. The molecule has 1 aromatic heterocycles. The second-order valence-electron chi connectivity index (χ2n) is 5.03. The summed E-state index contributed by atoms with van der Waals surface area (Å²) in [6.45, 7) is 3.05. The molecule has 0 radical (unpaired) electrons. The van der Waals surface area contributed by atoms with Crippen molar-refractivity contribution in [3.05, 3.63) is 71.6 Å². The molecule has 0 fully saturated rings. The average molecular weight is 307 g/mol. The highest BCUT2D eigenvalue weighted by atomic mass is 16.5. The van der Waals surface area contributed by atoms with E-state index in [1.54, 1.807) is 12.3 Å². The predicted molar refractivity (Wildman–Crippen MR) is 94.8 cm³/mol. The summed E-state index contributed by atoms with van der Waals surface area (Å²) in [6, 6.07) is 12.0. The summed E-state index contributed by atoms with van der Waals surface area (Å²) in [5.74, 6) is 0.0824. The smallest absolute Gasteiger partial charge is 0.158 e. The minimum atomic E-state index is 0.0824. The average Bonchev–Trinajstić information content (AvgIpc) is 2.60. The first-order valence-electron chi connectivity index (χ1n) is 7.75. The fraction of sp³-hybridized carbons (Fsp3) is 0.200. The zero-order chi connectivity index (χ0) is 16.3. The zero-order valence-electron chi connectivity index (χ0n) is 13.3. The Morgan fingerprint density at radius 1 is 1.04 bits per heavy atom. The third-order valence-corrected chi connectivity index (χ3v) is 3.25. The Labute approximate surface area is 137 Å². The Balaban J connectivity index is 1.89. The highest BCUT2D eigenvalue weighted by Crippen LogP contribution is 2.10. The van der Waals surface area contributed by atoms with Crippen LogP contribution in [0.2, 0.25) is 0 Å². The molecule has 0 aliphatic heterocycles. The summed E-state index contributed by atoms with van der Waals surface area (Å²) < 4.78 is 5.17. The van der Waals surface area contributed by atoms with E-state index in [0.29, 0.717) is 19.6 Å². The first-order valence-corrected chi connectivity index (χ1v) is 7.75. The van der Waals surface area contributed by atoms with Gasteiger partial charge < -0.3 is 4.74 Å². The molecule has 0 aliphatic rings. The summed E-state index contributed by atoms with van der Waals surface area (Å²) in [7, 11) is 0. The van der Waals surface area contributed by atoms with Crippen molar-refractivity contribution < 1.29 is 9.53 Å². The van der Waals surface area contributed by atoms with Gasteiger partial charge in [0.2, 0.25) is 0 Å². The lowest BCUT2D eigenvalue weighted by Crippen LogP contribution is -2.00. The van der Waals surface area contributed by atoms with Gasteiger partial charge in [-0.25, -0.2) is 0 Å². The molecule has 0 saturated heterocycles. The van der Waals surface area contributed by atoms with Gasteiger partial charge in [-0.3, -0.25) is 9.78 Å². The lowest BCUT2D eigenvalue weighted by molar-refractivity contribution is -0.115. The molecule has 0 atom stereocenters. The van der Waals surface area contributed by atoms with Crippen molar-refractivity contribution >= 4 is 24.0 Å². The largest absolute Gasteiger partial charge is 0.381 e. The maximum atomic E-state index is 11.6. The van der Waals surface area contributed by atoms with Gasteiger partial charge in [0, 0.05) is 25.4 Å². The number of carbonyl (C=O) groups excluding carboxylic acids is 1. The van der Waals surface area contributed by atoms with Gasteiger partial charge in [0.15, 0.2) is 5.78 Å². The molecule has 0 saturated carbocycles. The van der Waals surface area contributed by atoms with Crippen LogP contribution in [0.4, 0.5) is 0 Å². The third kappa shape index (κ3) is 6.41. The first-order chi connectivity index (χ1) is 11.3. The number of rotatable bonds is 8. The highest BCUT2D eigenvalue weighted by molar-refractivity contribution is 5.93. The van der Waals surface area contributed by atoms with E-state index in [1.807, 2.05) is 67.7 Å². The number of carbonyl (C=O) groups is 1. The predicted octanol–water partition coefficient (Wildman–Crippen LogP) is 4.26. The van der Waals surface area contributed by atoms with Crippen LogP contribution in [0.3, 0.4) is 0 Å². The van der Waals surface area contributed by atoms with E-state index in [0.717, 1.165) is 16.7 Å². The van der Waals surface area contributed by atoms with Crippen molar-refractivity contribution in [1.82, 2.24) is 4.98 Å². The summed E-state index contributed by atoms with van der Waals surface area (Å²) in [5.41, 5.74) is 3.18. The Morgan fingerprint density at radius 3 is 2.39 bits per heavy atom. The molecule has 3 heteroatoms. The molecule has 3 nitrogen and oxygen atoms in total. The van der Waals surface area contributed by atoms with E-state index >= 15 is 0 Å². The normalized spacial score (nSPS) is 11.3. The monoisotopic (exact) mass is 307 g/mol. The van der Waals surface area contributed by atoms with E-state index in [2.05, 4.69) is 4.98 Å². The quantitative estimate of drug-likeness (QED) is 0.540. The molecule has 0 N–H and O–H groups in total. The van der Waals surface area contributed by atoms with Crippen LogP contribution in [-0.2, 0) is 9.53 Å². The minimum absolute atomic E-state index is 0.0824. The molecule has 0 aliphatic carbocycles. The molecule has 0 bridgehead atoms. The van der Waals surface area contributed by atoms with E-state index < -0.39 is 0 Å². The second kappa shape index (κ2) is 9.49. The van der Waals surface area contributed by atoms with Crippen LogP contribution in [0.1, 0.15) is 30.0 Å². The SMILES string of the molecule is CCOCCC(=O)C=Cc1ccc(C=Cc2cccnc2)cc1. The number of hydrogen-bond donors (Lipinski definition) is 0. The number of hydrogen-bond acceptors (Lipinski definition) is 3. The summed E-state index contributed by atoms with van der Waals surface area (Å²) in [6.07, 6.45) is 11.5. The molecule has 1 aromatic carbocycles. The van der Waals surface area contributed by atoms with Gasteiger partial charge in [-0.15, -0.1) is 0 Å². The molecule has 2 rings (SSSR count). The van der Waals surface area contributed by atoms with Crippen molar-refractivity contribution in [1.29, 1.82) is 0 Å². The molecular formula is C20H21NO2. The molecule has 0 unspecified atom stereocenters. The Morgan fingerprint density at radius 2 is 1.74 bits per heavy atom. The Hall–Kier alpha value is -2.52. The lowest BCUT2D eigenvalue weighted by atomic mass is 10.1. The van der Waals surface area contributed by atoms with Crippen molar-refractivity contribution in [2.24, 2.45) is 0 Å². The van der Waals surface area contributed by atoms with Crippen molar-refractivity contribution in [2.45, 2.75) is 13.3 Å². The maximum absolute atomic E-state index is 11.6. The molecule has 2 aromatic rings. The van der Waals surface area contributed by atoms with Gasteiger partial charge in [0.25, 0.3) is 0 Å². The number of ketones is 1. The minimum Gasteiger partial charge on any atom is -0.381 e. The zero-order valence-corrected chi connectivity index (χ0v) is 13.3. The van der Waals surface area contributed by atoms with E-state index in [-0.39, 0.29) is 5.78 Å². The summed E-state index contributed by atoms with van der Waals surface area (Å²) >= 11 is 0. The highest BCUT2D eigenvalue weighted by Gasteiger charge is 1.96.